The molecule has 2 amide bonds. The van der Waals surface area contributed by atoms with Crippen LogP contribution in [-0.2, 0) is 0 Å². The maximum Gasteiger partial charge on any atom is 0.251 e. The number of fused-ring (bicyclic) bond motifs is 1. The highest BCUT2D eigenvalue weighted by molar-refractivity contribution is 5.97. The molecule has 0 atom stereocenters. The fraction of sp³-hybridized carbons (Fsp3) is 0.200. The van der Waals surface area contributed by atoms with Gasteiger partial charge in [0.05, 0.1) is 22.4 Å². The second-order valence-electron chi connectivity index (χ2n) is 6.16. The van der Waals surface area contributed by atoms with Gasteiger partial charge in [0.25, 0.3) is 11.8 Å². The van der Waals surface area contributed by atoms with Crippen LogP contribution in [0.25, 0.3) is 11.0 Å². The maximum atomic E-state index is 12.3. The van der Waals surface area contributed by atoms with Crippen LogP contribution < -0.4 is 10.6 Å². The molecule has 0 saturated carbocycles. The Morgan fingerprint density at radius 3 is 2.07 bits per heavy atom. The zero-order valence-corrected chi connectivity index (χ0v) is 15.1. The Labute approximate surface area is 156 Å². The fourth-order valence-corrected chi connectivity index (χ4v) is 2.58. The Kier molecular flexibility index (Phi) is 5.30. The predicted molar refractivity (Wildman–Crippen MR) is 102 cm³/mol. The van der Waals surface area contributed by atoms with Gasteiger partial charge in [-0.2, -0.15) is 0 Å². The van der Waals surface area contributed by atoms with E-state index in [4.69, 9.17) is 0 Å². The quantitative estimate of drug-likeness (QED) is 0.602. The molecule has 1 aromatic heterocycles. The van der Waals surface area contributed by atoms with E-state index in [-0.39, 0.29) is 30.7 Å². The first-order chi connectivity index (χ1) is 12.9. The molecule has 0 aliphatic rings. The van der Waals surface area contributed by atoms with Crippen LogP contribution in [0.4, 0.5) is 0 Å². The fourth-order valence-electron chi connectivity index (χ4n) is 2.58. The number of benzene rings is 2. The molecule has 1 heterocycles. The average molecular weight is 364 g/mol. The summed E-state index contributed by atoms with van der Waals surface area (Å²) < 4.78 is 0. The lowest BCUT2D eigenvalue weighted by molar-refractivity contribution is 0.0927. The van der Waals surface area contributed by atoms with Crippen molar-refractivity contribution in [3.05, 3.63) is 65.0 Å². The van der Waals surface area contributed by atoms with Gasteiger partial charge < -0.3 is 15.7 Å². The Morgan fingerprint density at radius 2 is 1.44 bits per heavy atom. The van der Waals surface area contributed by atoms with Crippen LogP contribution in [0, 0.1) is 13.8 Å². The molecule has 138 valence electrons. The Hall–Kier alpha value is -3.48. The number of carbonyl (C=O) groups excluding carboxylic acids is 2. The highest BCUT2D eigenvalue weighted by Crippen LogP contribution is 2.14. The first kappa shape index (κ1) is 18.3. The average Bonchev–Trinajstić information content (AvgIpc) is 2.65. The molecule has 3 N–H and O–H groups in total. The van der Waals surface area contributed by atoms with Gasteiger partial charge in [-0.3, -0.25) is 9.59 Å². The summed E-state index contributed by atoms with van der Waals surface area (Å²) in [5.41, 5.74) is 3.95. The summed E-state index contributed by atoms with van der Waals surface area (Å²) in [6.07, 6.45) is 0. The molecule has 7 nitrogen and oxygen atoms in total. The number of phenols is 1. The van der Waals surface area contributed by atoms with Crippen molar-refractivity contribution in [3.63, 3.8) is 0 Å². The lowest BCUT2D eigenvalue weighted by Crippen LogP contribution is -2.34. The van der Waals surface area contributed by atoms with Gasteiger partial charge in [0.15, 0.2) is 0 Å². The van der Waals surface area contributed by atoms with Crippen LogP contribution in [0.1, 0.15) is 32.1 Å². The molecule has 27 heavy (non-hydrogen) atoms. The molecule has 0 saturated heterocycles. The third kappa shape index (κ3) is 4.38. The minimum Gasteiger partial charge on any atom is -0.508 e. The van der Waals surface area contributed by atoms with Gasteiger partial charge in [-0.05, 0) is 50.2 Å². The van der Waals surface area contributed by atoms with Gasteiger partial charge >= 0.3 is 0 Å². The topological polar surface area (TPSA) is 104 Å². The molecule has 0 aliphatic heterocycles. The summed E-state index contributed by atoms with van der Waals surface area (Å²) in [5, 5.41) is 14.8. The zero-order valence-electron chi connectivity index (χ0n) is 15.1. The Bertz CT molecular complexity index is 1020. The SMILES string of the molecule is Cc1nc2ccc(C(=O)NCCNC(=O)c3cccc(O)c3)cc2nc1C. The van der Waals surface area contributed by atoms with Crippen LogP contribution in [0.2, 0.25) is 0 Å². The van der Waals surface area contributed by atoms with E-state index in [9.17, 15) is 14.7 Å². The number of phenolic OH excluding ortho intramolecular Hbond substituents is 1. The molecule has 0 fully saturated rings. The van der Waals surface area contributed by atoms with Gasteiger partial charge in [0.2, 0.25) is 0 Å². The van der Waals surface area contributed by atoms with Gasteiger partial charge in [-0.25, -0.2) is 9.97 Å². The summed E-state index contributed by atoms with van der Waals surface area (Å²) in [7, 11) is 0. The highest BCUT2D eigenvalue weighted by atomic mass is 16.3. The first-order valence-electron chi connectivity index (χ1n) is 8.54. The van der Waals surface area contributed by atoms with Gasteiger partial charge in [-0.1, -0.05) is 6.07 Å². The second-order valence-corrected chi connectivity index (χ2v) is 6.16. The predicted octanol–water partition coefficient (Wildman–Crippen LogP) is 2.11. The third-order valence-corrected chi connectivity index (χ3v) is 4.14. The molecular formula is C20H20N4O3. The maximum absolute atomic E-state index is 12.3. The second kappa shape index (κ2) is 7.82. The normalized spacial score (nSPS) is 10.6. The van der Waals surface area contributed by atoms with Gasteiger partial charge in [0.1, 0.15) is 5.75 Å². The molecule has 2 aromatic carbocycles. The van der Waals surface area contributed by atoms with Crippen molar-refractivity contribution in [3.8, 4) is 5.75 Å². The van der Waals surface area contributed by atoms with Crippen LogP contribution in [0.3, 0.4) is 0 Å². The van der Waals surface area contributed by atoms with Gasteiger partial charge in [0, 0.05) is 24.2 Å². The summed E-state index contributed by atoms with van der Waals surface area (Å²) in [4.78, 5) is 33.2. The smallest absolute Gasteiger partial charge is 0.251 e. The number of rotatable bonds is 5. The monoisotopic (exact) mass is 364 g/mol. The van der Waals surface area contributed by atoms with Crippen molar-refractivity contribution in [2.75, 3.05) is 13.1 Å². The number of nitrogens with one attached hydrogen (secondary N) is 2. The number of carbonyl (C=O) groups is 2. The Balaban J connectivity index is 1.55. The molecule has 0 bridgehead atoms. The van der Waals surface area contributed by atoms with Crippen molar-refractivity contribution in [2.45, 2.75) is 13.8 Å². The molecule has 0 unspecified atom stereocenters. The molecule has 3 rings (SSSR count). The van der Waals surface area contributed by atoms with Crippen LogP contribution in [-0.4, -0.2) is 40.0 Å². The molecule has 0 spiro atoms. The van der Waals surface area contributed by atoms with Crippen molar-refractivity contribution in [2.24, 2.45) is 0 Å². The van der Waals surface area contributed by atoms with E-state index in [0.717, 1.165) is 16.9 Å². The largest absolute Gasteiger partial charge is 0.508 e. The van der Waals surface area contributed by atoms with E-state index in [1.807, 2.05) is 13.8 Å². The minimum atomic E-state index is -0.313. The first-order valence-corrected chi connectivity index (χ1v) is 8.54. The number of aromatic hydroxyl groups is 1. The Morgan fingerprint density at radius 1 is 0.852 bits per heavy atom. The third-order valence-electron chi connectivity index (χ3n) is 4.14. The van der Waals surface area contributed by atoms with E-state index < -0.39 is 0 Å². The van der Waals surface area contributed by atoms with E-state index in [1.165, 1.54) is 12.1 Å². The molecular weight excluding hydrogens is 344 g/mol. The summed E-state index contributed by atoms with van der Waals surface area (Å²) in [5.74, 6) is -0.531. The van der Waals surface area contributed by atoms with Gasteiger partial charge in [-0.15, -0.1) is 0 Å². The highest BCUT2D eigenvalue weighted by Gasteiger charge is 2.09. The van der Waals surface area contributed by atoms with E-state index in [2.05, 4.69) is 20.6 Å². The summed E-state index contributed by atoms with van der Waals surface area (Å²) in [6, 6.07) is 11.3. The number of aromatic nitrogens is 2. The lowest BCUT2D eigenvalue weighted by atomic mass is 10.1. The number of amides is 2. The summed E-state index contributed by atoms with van der Waals surface area (Å²) in [6.45, 7) is 4.32. The zero-order chi connectivity index (χ0) is 19.4. The van der Waals surface area contributed by atoms with Crippen molar-refractivity contribution < 1.29 is 14.7 Å². The van der Waals surface area contributed by atoms with Crippen molar-refractivity contribution in [1.29, 1.82) is 0 Å². The van der Waals surface area contributed by atoms with Crippen molar-refractivity contribution >= 4 is 22.8 Å². The number of hydrogen-bond acceptors (Lipinski definition) is 5. The number of hydrogen-bond donors (Lipinski definition) is 3. The number of nitrogens with zero attached hydrogens (tertiary/aromatic N) is 2. The molecule has 7 heteroatoms. The van der Waals surface area contributed by atoms with Crippen LogP contribution in [0.15, 0.2) is 42.5 Å². The van der Waals surface area contributed by atoms with E-state index in [1.54, 1.807) is 30.3 Å². The number of aryl methyl sites for hydroxylation is 2. The summed E-state index contributed by atoms with van der Waals surface area (Å²) >= 11 is 0. The standard InChI is InChI=1S/C20H20N4O3/c1-12-13(2)24-18-11-15(6-7-17(18)23-12)20(27)22-9-8-21-19(26)14-4-3-5-16(25)10-14/h3-7,10-11,25H,8-9H2,1-2H3,(H,21,26)(H,22,27). The molecule has 3 aromatic rings. The lowest BCUT2D eigenvalue weighted by Gasteiger charge is -2.08. The van der Waals surface area contributed by atoms with Crippen LogP contribution in [0.5, 0.6) is 5.75 Å². The minimum absolute atomic E-state index is 0.0285. The van der Waals surface area contributed by atoms with E-state index in [0.29, 0.717) is 16.6 Å². The van der Waals surface area contributed by atoms with Crippen LogP contribution >= 0.6 is 0 Å². The molecule has 0 radical (unpaired) electrons. The van der Waals surface area contributed by atoms with Crippen molar-refractivity contribution in [1.82, 2.24) is 20.6 Å². The molecule has 0 aliphatic carbocycles. The van der Waals surface area contributed by atoms with E-state index >= 15 is 0 Å².